The van der Waals surface area contributed by atoms with Gasteiger partial charge in [-0.25, -0.2) is 4.98 Å². The molecule has 126 valence electrons. The van der Waals surface area contributed by atoms with Gasteiger partial charge in [0.25, 0.3) is 0 Å². The van der Waals surface area contributed by atoms with Gasteiger partial charge in [-0.1, -0.05) is 29.7 Å². The van der Waals surface area contributed by atoms with Crippen LogP contribution >= 0.6 is 0 Å². The molecule has 3 rings (SSSR count). The molecule has 0 aliphatic heterocycles. The molecule has 26 heavy (non-hydrogen) atoms. The number of anilines is 2. The minimum absolute atomic E-state index is 0.135. The molecule has 1 N–H and O–H groups in total. The monoisotopic (exact) mass is 342 g/mol. The summed E-state index contributed by atoms with van der Waals surface area (Å²) < 4.78 is 0. The molecule has 0 spiro atoms. The molecule has 0 bridgehead atoms. The lowest BCUT2D eigenvalue weighted by molar-refractivity contribution is -0.384. The molecule has 0 unspecified atom stereocenters. The Morgan fingerprint density at radius 2 is 1.92 bits per heavy atom. The Morgan fingerprint density at radius 3 is 2.54 bits per heavy atom. The summed E-state index contributed by atoms with van der Waals surface area (Å²) in [5, 5.41) is 24.3. The zero-order valence-electron chi connectivity index (χ0n) is 14.4. The van der Waals surface area contributed by atoms with Gasteiger partial charge in [0.05, 0.1) is 21.9 Å². The fourth-order valence-corrected chi connectivity index (χ4v) is 2.65. The number of nitro groups is 1. The average Bonchev–Trinajstić information content (AvgIpc) is 2.62. The number of pyridine rings is 1. The maximum atomic E-state index is 11.4. The summed E-state index contributed by atoms with van der Waals surface area (Å²) in [6.45, 7) is 3.67. The van der Waals surface area contributed by atoms with Gasteiger partial charge in [-0.15, -0.1) is 0 Å². The second-order valence-electron chi connectivity index (χ2n) is 6.49. The van der Waals surface area contributed by atoms with Crippen LogP contribution in [0.3, 0.4) is 0 Å². The van der Waals surface area contributed by atoms with Gasteiger partial charge in [-0.3, -0.25) is 10.1 Å². The van der Waals surface area contributed by atoms with Gasteiger partial charge in [-0.05, 0) is 37.6 Å². The van der Waals surface area contributed by atoms with E-state index in [1.807, 2.05) is 26.0 Å². The highest BCUT2D eigenvalue weighted by atomic mass is 16.6. The van der Waals surface area contributed by atoms with Crippen LogP contribution in [0.4, 0.5) is 17.1 Å². The van der Waals surface area contributed by atoms with E-state index in [4.69, 9.17) is 7.85 Å². The van der Waals surface area contributed by atoms with Crippen molar-refractivity contribution in [3.05, 3.63) is 64.3 Å². The molecule has 2 aromatic carbocycles. The van der Waals surface area contributed by atoms with E-state index >= 15 is 0 Å². The van der Waals surface area contributed by atoms with E-state index in [9.17, 15) is 15.4 Å². The van der Waals surface area contributed by atoms with Crippen LogP contribution in [0.5, 0.6) is 0 Å². The molecule has 0 fully saturated rings. The van der Waals surface area contributed by atoms with Gasteiger partial charge < -0.3 is 5.32 Å². The summed E-state index contributed by atoms with van der Waals surface area (Å²) in [6, 6.07) is 14.6. The fourth-order valence-electron chi connectivity index (χ4n) is 2.65. The molecular formula is C19H15BN4O2. The minimum atomic E-state index is -0.609. The molecule has 7 heteroatoms. The van der Waals surface area contributed by atoms with Crippen LogP contribution < -0.4 is 10.8 Å². The van der Waals surface area contributed by atoms with Gasteiger partial charge in [0.1, 0.15) is 19.7 Å². The summed E-state index contributed by atoms with van der Waals surface area (Å²) in [4.78, 5) is 15.1. The molecule has 0 amide bonds. The summed E-state index contributed by atoms with van der Waals surface area (Å²) in [6.07, 6.45) is 1.23. The number of nitrogens with zero attached hydrogens (tertiary/aromatic N) is 3. The van der Waals surface area contributed by atoms with Crippen molar-refractivity contribution in [3.8, 4) is 6.07 Å². The SMILES string of the molecule is [B]c1ccc2ncc([N+](=O)[O-])c(Nc3ccc(C(C)(C)C#N)cc3)c2c1. The van der Waals surface area contributed by atoms with E-state index < -0.39 is 10.3 Å². The Morgan fingerprint density at radius 1 is 1.23 bits per heavy atom. The third kappa shape index (κ3) is 3.22. The standard InChI is InChI=1S/C19H15BN4O2/c1-19(2,11-21)12-3-6-14(7-4-12)23-18-15-9-13(20)5-8-16(15)22-10-17(18)24(25)26/h3-10H,1-2H3,(H,22,23). The van der Waals surface area contributed by atoms with Crippen molar-refractivity contribution in [3.63, 3.8) is 0 Å². The van der Waals surface area contributed by atoms with Crippen molar-refractivity contribution >= 4 is 41.3 Å². The van der Waals surface area contributed by atoms with Crippen molar-refractivity contribution in [2.24, 2.45) is 0 Å². The Hall–Kier alpha value is -3.40. The Labute approximate surface area is 152 Å². The third-order valence-corrected chi connectivity index (χ3v) is 4.22. The van der Waals surface area contributed by atoms with Crippen molar-refractivity contribution in [2.75, 3.05) is 5.32 Å². The number of fused-ring (bicyclic) bond motifs is 1. The van der Waals surface area contributed by atoms with Gasteiger partial charge in [0.15, 0.2) is 0 Å². The number of rotatable bonds is 4. The lowest BCUT2D eigenvalue weighted by Crippen LogP contribution is -2.13. The highest BCUT2D eigenvalue weighted by Gasteiger charge is 2.21. The third-order valence-electron chi connectivity index (χ3n) is 4.22. The molecule has 0 saturated carbocycles. The van der Waals surface area contributed by atoms with Crippen LogP contribution in [0.2, 0.25) is 0 Å². The first-order chi connectivity index (χ1) is 12.3. The molecule has 0 aliphatic carbocycles. The largest absolute Gasteiger partial charge is 0.349 e. The van der Waals surface area contributed by atoms with E-state index in [2.05, 4.69) is 16.4 Å². The minimum Gasteiger partial charge on any atom is -0.349 e. The van der Waals surface area contributed by atoms with Gasteiger partial charge in [-0.2, -0.15) is 5.26 Å². The highest BCUT2D eigenvalue weighted by molar-refractivity contribution is 6.33. The molecule has 3 aromatic rings. The first kappa shape index (κ1) is 17.4. The number of hydrogen-bond acceptors (Lipinski definition) is 5. The van der Waals surface area contributed by atoms with Crippen molar-refractivity contribution < 1.29 is 4.92 Å². The lowest BCUT2D eigenvalue weighted by Gasteiger charge is -2.16. The molecular weight excluding hydrogens is 327 g/mol. The van der Waals surface area contributed by atoms with Gasteiger partial charge in [0, 0.05) is 11.1 Å². The molecule has 0 saturated heterocycles. The zero-order chi connectivity index (χ0) is 18.9. The van der Waals surface area contributed by atoms with E-state index in [0.29, 0.717) is 27.7 Å². The van der Waals surface area contributed by atoms with Crippen LogP contribution in [0.15, 0.2) is 48.7 Å². The predicted molar refractivity (Wildman–Crippen MR) is 102 cm³/mol. The number of aromatic nitrogens is 1. The fraction of sp³-hybridized carbons (Fsp3) is 0.158. The van der Waals surface area contributed by atoms with E-state index in [1.54, 1.807) is 30.3 Å². The predicted octanol–water partition coefficient (Wildman–Crippen LogP) is 3.48. The Balaban J connectivity index is 2.08. The van der Waals surface area contributed by atoms with Gasteiger partial charge in [0.2, 0.25) is 0 Å². The number of nitrogens with one attached hydrogen (secondary N) is 1. The summed E-state index contributed by atoms with van der Waals surface area (Å²) in [5.74, 6) is 0. The number of nitriles is 1. The van der Waals surface area contributed by atoms with Crippen LogP contribution in [0.1, 0.15) is 19.4 Å². The molecule has 6 nitrogen and oxygen atoms in total. The van der Waals surface area contributed by atoms with E-state index in [0.717, 1.165) is 5.56 Å². The molecule has 1 heterocycles. The maximum absolute atomic E-state index is 11.4. The van der Waals surface area contributed by atoms with Crippen molar-refractivity contribution in [2.45, 2.75) is 19.3 Å². The topological polar surface area (TPSA) is 91.8 Å². The summed E-state index contributed by atoms with van der Waals surface area (Å²) in [5.41, 5.74) is 2.22. The lowest BCUT2D eigenvalue weighted by atomic mass is 9.86. The van der Waals surface area contributed by atoms with Crippen LogP contribution in [0.25, 0.3) is 10.9 Å². The van der Waals surface area contributed by atoms with Crippen LogP contribution in [-0.2, 0) is 5.41 Å². The van der Waals surface area contributed by atoms with Gasteiger partial charge >= 0.3 is 5.69 Å². The summed E-state index contributed by atoms with van der Waals surface area (Å²) >= 11 is 0. The number of benzene rings is 2. The van der Waals surface area contributed by atoms with E-state index in [1.165, 1.54) is 6.20 Å². The molecule has 2 radical (unpaired) electrons. The smallest absolute Gasteiger partial charge is 0.311 e. The quantitative estimate of drug-likeness (QED) is 0.445. The summed E-state index contributed by atoms with van der Waals surface area (Å²) in [7, 11) is 5.84. The first-order valence-electron chi connectivity index (χ1n) is 7.93. The van der Waals surface area contributed by atoms with Crippen LogP contribution in [0, 0.1) is 21.4 Å². The molecule has 0 aliphatic rings. The Bertz CT molecular complexity index is 1040. The first-order valence-corrected chi connectivity index (χ1v) is 7.93. The molecule has 1 aromatic heterocycles. The maximum Gasteiger partial charge on any atom is 0.311 e. The van der Waals surface area contributed by atoms with Crippen LogP contribution in [-0.4, -0.2) is 17.8 Å². The zero-order valence-corrected chi connectivity index (χ0v) is 14.4. The van der Waals surface area contributed by atoms with Crippen molar-refractivity contribution in [1.82, 2.24) is 4.98 Å². The second kappa shape index (κ2) is 6.49. The highest BCUT2D eigenvalue weighted by Crippen LogP contribution is 2.34. The second-order valence-corrected chi connectivity index (χ2v) is 6.49. The normalized spacial score (nSPS) is 11.1. The van der Waals surface area contributed by atoms with E-state index in [-0.39, 0.29) is 5.69 Å². The average molecular weight is 342 g/mol. The number of hydrogen-bond donors (Lipinski definition) is 1. The van der Waals surface area contributed by atoms with Crippen molar-refractivity contribution in [1.29, 1.82) is 5.26 Å². The molecule has 0 atom stereocenters. The Kier molecular flexibility index (Phi) is 4.35.